The van der Waals surface area contributed by atoms with E-state index in [0.717, 1.165) is 6.08 Å². The maximum Gasteiger partial charge on any atom is 0.387 e. The van der Waals surface area contributed by atoms with E-state index < -0.39 is 25.1 Å². The minimum atomic E-state index is -2.90. The van der Waals surface area contributed by atoms with Gasteiger partial charge in [-0.05, 0) is 42.8 Å². The first-order chi connectivity index (χ1) is 13.5. The molecule has 148 valence electrons. The number of hydrogen-bond donors (Lipinski definition) is 1. The number of anilines is 1. The van der Waals surface area contributed by atoms with E-state index in [1.165, 1.54) is 30.3 Å². The topological polar surface area (TPSA) is 73.9 Å². The van der Waals surface area contributed by atoms with Crippen molar-refractivity contribution < 1.29 is 32.6 Å². The summed E-state index contributed by atoms with van der Waals surface area (Å²) in [7, 11) is 0. The highest BCUT2D eigenvalue weighted by Crippen LogP contribution is 2.23. The number of alkyl halides is 2. The zero-order valence-electron chi connectivity index (χ0n) is 15.1. The summed E-state index contributed by atoms with van der Waals surface area (Å²) >= 11 is 0. The normalized spacial score (nSPS) is 10.7. The van der Waals surface area contributed by atoms with Gasteiger partial charge in [0, 0.05) is 6.08 Å². The lowest BCUT2D eigenvalue weighted by Crippen LogP contribution is -2.20. The lowest BCUT2D eigenvalue weighted by molar-refractivity contribution is -0.142. The molecule has 0 heterocycles. The van der Waals surface area contributed by atoms with E-state index in [-0.39, 0.29) is 5.75 Å². The van der Waals surface area contributed by atoms with Crippen molar-refractivity contribution in [2.75, 3.05) is 18.5 Å². The van der Waals surface area contributed by atoms with Gasteiger partial charge < -0.3 is 19.5 Å². The van der Waals surface area contributed by atoms with E-state index in [2.05, 4.69) is 10.1 Å². The Balaban J connectivity index is 1.81. The van der Waals surface area contributed by atoms with Gasteiger partial charge in [-0.3, -0.25) is 4.79 Å². The van der Waals surface area contributed by atoms with Crippen LogP contribution in [0.2, 0.25) is 0 Å². The Kier molecular flexibility index (Phi) is 7.95. The predicted octanol–water partition coefficient (Wildman–Crippen LogP) is 3.88. The van der Waals surface area contributed by atoms with Gasteiger partial charge >= 0.3 is 12.6 Å². The van der Waals surface area contributed by atoms with Crippen LogP contribution in [-0.2, 0) is 14.3 Å². The highest BCUT2D eigenvalue weighted by atomic mass is 19.3. The number of benzene rings is 2. The fourth-order valence-electron chi connectivity index (χ4n) is 2.15. The SMILES string of the molecule is CCOc1ccccc1NC(=O)COC(=O)/C=C/c1ccc(OC(F)F)cc1. The van der Waals surface area contributed by atoms with Crippen molar-refractivity contribution in [3.05, 3.63) is 60.2 Å². The molecule has 0 fully saturated rings. The van der Waals surface area contributed by atoms with Crippen LogP contribution in [0.3, 0.4) is 0 Å². The summed E-state index contributed by atoms with van der Waals surface area (Å²) in [6.45, 7) is -1.10. The molecule has 28 heavy (non-hydrogen) atoms. The predicted molar refractivity (Wildman–Crippen MR) is 99.3 cm³/mol. The Bertz CT molecular complexity index is 822. The molecule has 2 aromatic carbocycles. The van der Waals surface area contributed by atoms with Crippen molar-refractivity contribution in [1.82, 2.24) is 0 Å². The van der Waals surface area contributed by atoms with Gasteiger partial charge in [-0.1, -0.05) is 24.3 Å². The highest BCUT2D eigenvalue weighted by Gasteiger charge is 2.09. The Hall–Kier alpha value is -3.42. The maximum atomic E-state index is 12.1. The fourth-order valence-corrected chi connectivity index (χ4v) is 2.15. The van der Waals surface area contributed by atoms with Gasteiger partial charge in [-0.2, -0.15) is 8.78 Å². The third-order valence-corrected chi connectivity index (χ3v) is 3.32. The number of esters is 1. The summed E-state index contributed by atoms with van der Waals surface area (Å²) < 4.78 is 38.7. The number of ether oxygens (including phenoxy) is 3. The molecule has 0 aliphatic heterocycles. The van der Waals surface area contributed by atoms with Crippen LogP contribution in [0, 0.1) is 0 Å². The van der Waals surface area contributed by atoms with Crippen molar-refractivity contribution in [3.63, 3.8) is 0 Å². The Morgan fingerprint density at radius 1 is 1.11 bits per heavy atom. The lowest BCUT2D eigenvalue weighted by atomic mass is 10.2. The Labute approximate surface area is 160 Å². The molecule has 0 saturated heterocycles. The van der Waals surface area contributed by atoms with Crippen LogP contribution in [0.4, 0.5) is 14.5 Å². The first kappa shape index (κ1) is 20.9. The average molecular weight is 391 g/mol. The van der Waals surface area contributed by atoms with E-state index in [0.29, 0.717) is 23.6 Å². The molecule has 0 atom stereocenters. The highest BCUT2D eigenvalue weighted by molar-refractivity contribution is 5.95. The molecule has 1 amide bonds. The number of amides is 1. The number of hydrogen-bond acceptors (Lipinski definition) is 5. The molecule has 0 radical (unpaired) electrons. The lowest BCUT2D eigenvalue weighted by Gasteiger charge is -2.11. The minimum Gasteiger partial charge on any atom is -0.492 e. The second-order valence-corrected chi connectivity index (χ2v) is 5.37. The molecule has 2 rings (SSSR count). The molecule has 8 heteroatoms. The molecule has 0 bridgehead atoms. The molecule has 0 aromatic heterocycles. The summed E-state index contributed by atoms with van der Waals surface area (Å²) in [6.07, 6.45) is 2.56. The van der Waals surface area contributed by atoms with Crippen molar-refractivity contribution in [1.29, 1.82) is 0 Å². The first-order valence-corrected chi connectivity index (χ1v) is 8.39. The van der Waals surface area contributed by atoms with Crippen LogP contribution in [0.5, 0.6) is 11.5 Å². The van der Waals surface area contributed by atoms with Crippen LogP contribution >= 0.6 is 0 Å². The molecule has 0 spiro atoms. The van der Waals surface area contributed by atoms with Crippen LogP contribution in [0.1, 0.15) is 12.5 Å². The maximum absolute atomic E-state index is 12.1. The van der Waals surface area contributed by atoms with Crippen LogP contribution < -0.4 is 14.8 Å². The molecule has 0 saturated carbocycles. The average Bonchev–Trinajstić information content (AvgIpc) is 2.67. The second-order valence-electron chi connectivity index (χ2n) is 5.37. The van der Waals surface area contributed by atoms with Gasteiger partial charge in [0.25, 0.3) is 5.91 Å². The summed E-state index contributed by atoms with van der Waals surface area (Å²) in [5, 5.41) is 2.61. The van der Waals surface area contributed by atoms with E-state index >= 15 is 0 Å². The fraction of sp³-hybridized carbons (Fsp3) is 0.200. The van der Waals surface area contributed by atoms with Crippen LogP contribution in [-0.4, -0.2) is 31.7 Å². The smallest absolute Gasteiger partial charge is 0.387 e. The molecule has 0 aliphatic rings. The monoisotopic (exact) mass is 391 g/mol. The number of carbonyl (C=O) groups excluding carboxylic acids is 2. The summed E-state index contributed by atoms with van der Waals surface area (Å²) in [4.78, 5) is 23.6. The summed E-state index contributed by atoms with van der Waals surface area (Å²) in [5.41, 5.74) is 1.06. The standard InChI is InChI=1S/C20H19F2NO5/c1-2-26-17-6-4-3-5-16(17)23-18(24)13-27-19(25)12-9-14-7-10-15(11-8-14)28-20(21)22/h3-12,20H,2,13H2,1H3,(H,23,24)/b12-9+. The number of para-hydroxylation sites is 2. The van der Waals surface area contributed by atoms with Gasteiger partial charge in [-0.25, -0.2) is 4.79 Å². The van der Waals surface area contributed by atoms with E-state index in [1.807, 2.05) is 6.92 Å². The van der Waals surface area contributed by atoms with E-state index in [4.69, 9.17) is 9.47 Å². The molecular formula is C20H19F2NO5. The molecule has 6 nitrogen and oxygen atoms in total. The van der Waals surface area contributed by atoms with Crippen molar-refractivity contribution in [3.8, 4) is 11.5 Å². The second kappa shape index (κ2) is 10.7. The molecular weight excluding hydrogens is 372 g/mol. The van der Waals surface area contributed by atoms with Gasteiger partial charge in [0.05, 0.1) is 12.3 Å². The van der Waals surface area contributed by atoms with E-state index in [1.54, 1.807) is 24.3 Å². The Morgan fingerprint density at radius 2 is 1.82 bits per heavy atom. The number of carbonyl (C=O) groups is 2. The summed E-state index contributed by atoms with van der Waals surface area (Å²) in [5.74, 6) is -0.703. The molecule has 1 N–H and O–H groups in total. The zero-order chi connectivity index (χ0) is 20.4. The minimum absolute atomic E-state index is 0.0127. The van der Waals surface area contributed by atoms with Crippen molar-refractivity contribution in [2.24, 2.45) is 0 Å². The number of halogens is 2. The van der Waals surface area contributed by atoms with Crippen LogP contribution in [0.15, 0.2) is 54.6 Å². The largest absolute Gasteiger partial charge is 0.492 e. The summed E-state index contributed by atoms with van der Waals surface area (Å²) in [6, 6.07) is 12.6. The quantitative estimate of drug-likeness (QED) is 0.519. The van der Waals surface area contributed by atoms with Gasteiger partial charge in [0.15, 0.2) is 6.61 Å². The molecule has 0 unspecified atom stereocenters. The van der Waals surface area contributed by atoms with Crippen molar-refractivity contribution >= 4 is 23.6 Å². The molecule has 0 aliphatic carbocycles. The third kappa shape index (κ3) is 7.06. The first-order valence-electron chi connectivity index (χ1n) is 8.39. The van der Waals surface area contributed by atoms with Crippen molar-refractivity contribution in [2.45, 2.75) is 13.5 Å². The van der Waals surface area contributed by atoms with Gasteiger partial charge in [-0.15, -0.1) is 0 Å². The number of rotatable bonds is 9. The number of nitrogens with one attached hydrogen (secondary N) is 1. The zero-order valence-corrected chi connectivity index (χ0v) is 15.1. The van der Waals surface area contributed by atoms with Crippen LogP contribution in [0.25, 0.3) is 6.08 Å². The van der Waals surface area contributed by atoms with Gasteiger partial charge in [0.1, 0.15) is 11.5 Å². The van der Waals surface area contributed by atoms with E-state index in [9.17, 15) is 18.4 Å². The molecule has 2 aromatic rings. The third-order valence-electron chi connectivity index (χ3n) is 3.32. The van der Waals surface area contributed by atoms with Gasteiger partial charge in [0.2, 0.25) is 0 Å². The Morgan fingerprint density at radius 3 is 2.50 bits per heavy atom.